The van der Waals surface area contributed by atoms with Crippen LogP contribution >= 0.6 is 12.4 Å². The van der Waals surface area contributed by atoms with Gasteiger partial charge in [-0.25, -0.2) is 13.6 Å². The van der Waals surface area contributed by atoms with Crippen molar-refractivity contribution in [3.8, 4) is 0 Å². The minimum atomic E-state index is -3.68. The minimum absolute atomic E-state index is 0. The molecule has 0 aliphatic heterocycles. The third-order valence-corrected chi connectivity index (χ3v) is 4.41. The molecule has 0 saturated heterocycles. The number of carbonyl (C=O) groups excluding carboxylic acids is 1. The van der Waals surface area contributed by atoms with Crippen LogP contribution in [0.3, 0.4) is 0 Å². The van der Waals surface area contributed by atoms with Gasteiger partial charge in [-0.2, -0.15) is 0 Å². The number of nitrogens with two attached hydrogens (primary N) is 1. The van der Waals surface area contributed by atoms with E-state index in [1.54, 1.807) is 24.1 Å². The lowest BCUT2D eigenvalue weighted by Gasteiger charge is -2.25. The molecule has 1 aromatic rings. The summed E-state index contributed by atoms with van der Waals surface area (Å²) in [6.45, 7) is 2.71. The Morgan fingerprint density at radius 2 is 1.86 bits per heavy atom. The van der Waals surface area contributed by atoms with Crippen molar-refractivity contribution in [1.82, 2.24) is 10.2 Å². The van der Waals surface area contributed by atoms with Crippen LogP contribution in [0.25, 0.3) is 0 Å². The van der Waals surface area contributed by atoms with Gasteiger partial charge in [0.2, 0.25) is 15.9 Å². The fourth-order valence-electron chi connectivity index (χ4n) is 1.97. The molecule has 6 nitrogen and oxygen atoms in total. The Morgan fingerprint density at radius 1 is 1.32 bits per heavy atom. The van der Waals surface area contributed by atoms with Crippen molar-refractivity contribution < 1.29 is 13.2 Å². The molecule has 1 atom stereocenters. The highest BCUT2D eigenvalue weighted by molar-refractivity contribution is 7.89. The molecule has 0 spiro atoms. The van der Waals surface area contributed by atoms with Gasteiger partial charge in [0.25, 0.3) is 0 Å². The zero-order valence-corrected chi connectivity index (χ0v) is 14.7. The number of rotatable bonds is 7. The van der Waals surface area contributed by atoms with Crippen LogP contribution < -0.4 is 10.5 Å². The van der Waals surface area contributed by atoms with Gasteiger partial charge in [0.1, 0.15) is 0 Å². The first-order chi connectivity index (χ1) is 9.77. The van der Waals surface area contributed by atoms with Gasteiger partial charge in [-0.15, -0.1) is 12.4 Å². The summed E-state index contributed by atoms with van der Waals surface area (Å²) in [4.78, 5) is 13.8. The number of carbonyl (C=O) groups is 1. The molecule has 1 aromatic carbocycles. The quantitative estimate of drug-likeness (QED) is 0.725. The van der Waals surface area contributed by atoms with Crippen molar-refractivity contribution in [2.24, 2.45) is 5.14 Å². The molecule has 22 heavy (non-hydrogen) atoms. The highest BCUT2D eigenvalue weighted by Gasteiger charge is 2.17. The molecule has 3 N–H and O–H groups in total. The third-order valence-electron chi connectivity index (χ3n) is 3.48. The topological polar surface area (TPSA) is 92.5 Å². The largest absolute Gasteiger partial charge is 0.339 e. The standard InChI is InChI=1S/C14H23N3O3S.ClH/c1-11(17(3)14(18)5-4-10-16-2)12-6-8-13(9-7-12)21(15,19)20;/h6-9,11,16H,4-5,10H2,1-3H3,(H2,15,19,20);1H. The van der Waals surface area contributed by atoms with Gasteiger partial charge >= 0.3 is 0 Å². The van der Waals surface area contributed by atoms with Crippen LogP contribution in [-0.4, -0.2) is 39.9 Å². The Balaban J connectivity index is 0.00000441. The van der Waals surface area contributed by atoms with E-state index < -0.39 is 10.0 Å². The maximum absolute atomic E-state index is 12.0. The lowest BCUT2D eigenvalue weighted by Crippen LogP contribution is -2.30. The lowest BCUT2D eigenvalue weighted by atomic mass is 10.1. The number of hydrogen-bond donors (Lipinski definition) is 2. The predicted octanol–water partition coefficient (Wildman–Crippen LogP) is 1.27. The summed E-state index contributed by atoms with van der Waals surface area (Å²) in [5.41, 5.74) is 0.867. The van der Waals surface area contributed by atoms with Crippen LogP contribution in [0, 0.1) is 0 Å². The fourth-order valence-corrected chi connectivity index (χ4v) is 2.48. The van der Waals surface area contributed by atoms with Crippen molar-refractivity contribution in [3.63, 3.8) is 0 Å². The Morgan fingerprint density at radius 3 is 2.32 bits per heavy atom. The van der Waals surface area contributed by atoms with E-state index in [0.29, 0.717) is 6.42 Å². The van der Waals surface area contributed by atoms with E-state index in [4.69, 9.17) is 5.14 Å². The molecule has 0 aromatic heterocycles. The van der Waals surface area contributed by atoms with Crippen LogP contribution in [0.4, 0.5) is 0 Å². The molecule has 0 bridgehead atoms. The molecule has 0 fully saturated rings. The Bertz CT molecular complexity index is 576. The van der Waals surface area contributed by atoms with Crippen molar-refractivity contribution >= 4 is 28.3 Å². The van der Waals surface area contributed by atoms with Gasteiger partial charge in [0.05, 0.1) is 10.9 Å². The van der Waals surface area contributed by atoms with Crippen molar-refractivity contribution in [2.75, 3.05) is 20.6 Å². The summed E-state index contributed by atoms with van der Waals surface area (Å²) in [5.74, 6) is 0.0632. The van der Waals surface area contributed by atoms with Crippen LogP contribution in [0.15, 0.2) is 29.2 Å². The molecule has 1 rings (SSSR count). The number of primary sulfonamides is 1. The summed E-state index contributed by atoms with van der Waals surface area (Å²) in [5, 5.41) is 8.06. The summed E-state index contributed by atoms with van der Waals surface area (Å²) < 4.78 is 22.4. The average Bonchev–Trinajstić information content (AvgIpc) is 2.45. The van der Waals surface area contributed by atoms with Gasteiger partial charge in [0.15, 0.2) is 0 Å². The number of benzene rings is 1. The third kappa shape index (κ3) is 5.92. The zero-order chi connectivity index (χ0) is 16.0. The van der Waals surface area contributed by atoms with Gasteiger partial charge in [-0.05, 0) is 44.6 Å². The summed E-state index contributed by atoms with van der Waals surface area (Å²) in [7, 11) is -0.0833. The van der Waals surface area contributed by atoms with Crippen molar-refractivity contribution in [2.45, 2.75) is 30.7 Å². The molecule has 8 heteroatoms. The molecule has 0 radical (unpaired) electrons. The highest BCUT2D eigenvalue weighted by atomic mass is 35.5. The summed E-state index contributed by atoms with van der Waals surface area (Å²) >= 11 is 0. The van der Waals surface area contributed by atoms with Crippen LogP contribution in [0.5, 0.6) is 0 Å². The zero-order valence-electron chi connectivity index (χ0n) is 13.1. The van der Waals surface area contributed by atoms with E-state index in [1.165, 1.54) is 12.1 Å². The number of nitrogens with zero attached hydrogens (tertiary/aromatic N) is 1. The van der Waals surface area contributed by atoms with Crippen LogP contribution in [0.2, 0.25) is 0 Å². The molecular weight excluding hydrogens is 326 g/mol. The first kappa shape index (κ1) is 20.9. The molecule has 0 saturated carbocycles. The summed E-state index contributed by atoms with van der Waals surface area (Å²) in [6, 6.07) is 6.16. The monoisotopic (exact) mass is 349 g/mol. The van der Waals surface area contributed by atoms with Gasteiger partial charge in [0, 0.05) is 13.5 Å². The predicted molar refractivity (Wildman–Crippen MR) is 89.4 cm³/mol. The molecular formula is C14H24ClN3O3S. The van der Waals surface area contributed by atoms with Crippen molar-refractivity contribution in [3.05, 3.63) is 29.8 Å². The number of sulfonamides is 1. The highest BCUT2D eigenvalue weighted by Crippen LogP contribution is 2.21. The smallest absolute Gasteiger partial charge is 0.238 e. The maximum Gasteiger partial charge on any atom is 0.238 e. The van der Waals surface area contributed by atoms with E-state index in [1.807, 2.05) is 14.0 Å². The second-order valence-corrected chi connectivity index (χ2v) is 6.56. The first-order valence-electron chi connectivity index (χ1n) is 6.80. The Labute approximate surface area is 138 Å². The number of amides is 1. The maximum atomic E-state index is 12.0. The van der Waals surface area contributed by atoms with E-state index in [-0.39, 0.29) is 29.3 Å². The van der Waals surface area contributed by atoms with Crippen LogP contribution in [0.1, 0.15) is 31.4 Å². The molecule has 1 amide bonds. The normalized spacial score (nSPS) is 12.4. The van der Waals surface area contributed by atoms with Crippen molar-refractivity contribution in [1.29, 1.82) is 0 Å². The molecule has 0 aliphatic rings. The van der Waals surface area contributed by atoms with Gasteiger partial charge in [-0.1, -0.05) is 12.1 Å². The number of halogens is 1. The SMILES string of the molecule is CNCCCC(=O)N(C)C(C)c1ccc(S(N)(=O)=O)cc1.Cl. The molecule has 0 heterocycles. The average molecular weight is 350 g/mol. The summed E-state index contributed by atoms with van der Waals surface area (Å²) in [6.07, 6.45) is 1.27. The number of nitrogens with one attached hydrogen (secondary N) is 1. The van der Waals surface area contributed by atoms with E-state index in [2.05, 4.69) is 5.32 Å². The van der Waals surface area contributed by atoms with Gasteiger partial charge < -0.3 is 10.2 Å². The van der Waals surface area contributed by atoms with E-state index in [0.717, 1.165) is 18.5 Å². The second kappa shape index (κ2) is 9.09. The van der Waals surface area contributed by atoms with Gasteiger partial charge in [-0.3, -0.25) is 4.79 Å². The molecule has 0 aliphatic carbocycles. The van der Waals surface area contributed by atoms with E-state index >= 15 is 0 Å². The van der Waals surface area contributed by atoms with E-state index in [9.17, 15) is 13.2 Å². The minimum Gasteiger partial charge on any atom is -0.339 e. The second-order valence-electron chi connectivity index (χ2n) is 5.00. The van der Waals surface area contributed by atoms with Crippen LogP contribution in [-0.2, 0) is 14.8 Å². The molecule has 126 valence electrons. The number of hydrogen-bond acceptors (Lipinski definition) is 4. The fraction of sp³-hybridized carbons (Fsp3) is 0.500. The molecule has 1 unspecified atom stereocenters. The Hall–Kier alpha value is -1.15. The Kier molecular flexibility index (Phi) is 8.62. The lowest BCUT2D eigenvalue weighted by molar-refractivity contribution is -0.131. The first-order valence-corrected chi connectivity index (χ1v) is 8.35.